The highest BCUT2D eigenvalue weighted by molar-refractivity contribution is 7.93. The zero-order chi connectivity index (χ0) is 20.6. The Bertz CT molecular complexity index is 1060. The minimum absolute atomic E-state index is 0.150. The molecular weight excluding hydrogens is 381 g/mol. The lowest BCUT2D eigenvalue weighted by Crippen LogP contribution is -2.34. The van der Waals surface area contributed by atoms with Crippen LogP contribution in [0.3, 0.4) is 0 Å². The lowest BCUT2D eigenvalue weighted by molar-refractivity contribution is 0.479. The van der Waals surface area contributed by atoms with Crippen LogP contribution in [-0.2, 0) is 10.0 Å². The molecule has 2 N–H and O–H groups in total. The van der Waals surface area contributed by atoms with Crippen molar-refractivity contribution < 1.29 is 12.8 Å². The largest absolute Gasteiger partial charge is 0.351 e. The Balaban J connectivity index is 2.10. The number of pyridine rings is 1. The van der Waals surface area contributed by atoms with Gasteiger partial charge in [0.15, 0.2) is 0 Å². The number of benzene rings is 1. The second kappa shape index (κ2) is 7.58. The summed E-state index contributed by atoms with van der Waals surface area (Å²) < 4.78 is 43.8. The third-order valence-electron chi connectivity index (χ3n) is 5.15. The average Bonchev–Trinajstić information content (AvgIpc) is 2.53. The molecule has 8 heteroatoms. The fourth-order valence-electron chi connectivity index (χ4n) is 3.16. The highest BCUT2D eigenvalue weighted by atomic mass is 32.2. The standard InChI is InChI=1S/C20H26FN3O3S/c1-12(2)24-11-18(23-28(26,27)15-6-5-7-15)19(14(4)20(24)25)22-17-9-8-13(3)10-16(17)21/h8-12,15,22-23H,5-7H2,1-4H3. The molecule has 1 aliphatic carbocycles. The van der Waals surface area contributed by atoms with Crippen LogP contribution in [0.25, 0.3) is 0 Å². The Hall–Kier alpha value is -2.35. The second-order valence-electron chi connectivity index (χ2n) is 7.66. The predicted octanol–water partition coefficient (Wildman–Crippen LogP) is 4.22. The Morgan fingerprint density at radius 2 is 1.86 bits per heavy atom. The second-order valence-corrected chi connectivity index (χ2v) is 9.62. The third kappa shape index (κ3) is 3.92. The van der Waals surface area contributed by atoms with Gasteiger partial charge in [0.1, 0.15) is 5.82 Å². The molecule has 1 saturated carbocycles. The number of aromatic nitrogens is 1. The van der Waals surface area contributed by atoms with Gasteiger partial charge in [-0.2, -0.15) is 0 Å². The number of rotatable bonds is 6. The van der Waals surface area contributed by atoms with Gasteiger partial charge in [0.05, 0.1) is 22.3 Å². The summed E-state index contributed by atoms with van der Waals surface area (Å²) in [5.41, 5.74) is 1.53. The number of hydrogen-bond acceptors (Lipinski definition) is 4. The maximum Gasteiger partial charge on any atom is 0.255 e. The Labute approximate surface area is 164 Å². The molecule has 0 radical (unpaired) electrons. The van der Waals surface area contributed by atoms with Gasteiger partial charge in [-0.25, -0.2) is 12.8 Å². The van der Waals surface area contributed by atoms with Gasteiger partial charge in [-0.1, -0.05) is 12.5 Å². The van der Waals surface area contributed by atoms with E-state index in [4.69, 9.17) is 0 Å². The number of nitrogens with zero attached hydrogens (tertiary/aromatic N) is 1. The van der Waals surface area contributed by atoms with Crippen LogP contribution >= 0.6 is 0 Å². The van der Waals surface area contributed by atoms with E-state index in [2.05, 4.69) is 10.0 Å². The van der Waals surface area contributed by atoms with Crippen molar-refractivity contribution in [2.24, 2.45) is 0 Å². The van der Waals surface area contributed by atoms with Crippen molar-refractivity contribution in [2.45, 2.75) is 58.2 Å². The third-order valence-corrected chi connectivity index (χ3v) is 7.01. The van der Waals surface area contributed by atoms with Crippen molar-refractivity contribution in [2.75, 3.05) is 10.0 Å². The summed E-state index contributed by atoms with van der Waals surface area (Å²) in [7, 11) is -3.58. The molecule has 1 aromatic heterocycles. The zero-order valence-electron chi connectivity index (χ0n) is 16.5. The van der Waals surface area contributed by atoms with Gasteiger partial charge in [0.25, 0.3) is 5.56 Å². The fourth-order valence-corrected chi connectivity index (χ4v) is 4.74. The minimum Gasteiger partial charge on any atom is -0.351 e. The van der Waals surface area contributed by atoms with Gasteiger partial charge in [0.2, 0.25) is 10.0 Å². The van der Waals surface area contributed by atoms with Crippen molar-refractivity contribution >= 4 is 27.1 Å². The molecule has 1 fully saturated rings. The lowest BCUT2D eigenvalue weighted by atomic mass is 10.0. The number of sulfonamides is 1. The monoisotopic (exact) mass is 407 g/mol. The summed E-state index contributed by atoms with van der Waals surface area (Å²) in [6, 6.07) is 4.55. The zero-order valence-corrected chi connectivity index (χ0v) is 17.4. The summed E-state index contributed by atoms with van der Waals surface area (Å²) in [5, 5.41) is 2.49. The first kappa shape index (κ1) is 20.4. The predicted molar refractivity (Wildman–Crippen MR) is 110 cm³/mol. The van der Waals surface area contributed by atoms with Crippen LogP contribution < -0.4 is 15.6 Å². The maximum atomic E-state index is 14.4. The topological polar surface area (TPSA) is 80.2 Å². The first-order chi connectivity index (χ1) is 13.1. The number of halogens is 1. The molecule has 0 unspecified atom stereocenters. The van der Waals surface area contributed by atoms with Crippen molar-refractivity contribution in [1.29, 1.82) is 0 Å². The molecule has 1 aliphatic rings. The van der Waals surface area contributed by atoms with Gasteiger partial charge in [-0.15, -0.1) is 0 Å². The van der Waals surface area contributed by atoms with E-state index < -0.39 is 21.1 Å². The van der Waals surface area contributed by atoms with Crippen LogP contribution in [0.2, 0.25) is 0 Å². The van der Waals surface area contributed by atoms with E-state index in [-0.39, 0.29) is 28.7 Å². The Kier molecular flexibility index (Phi) is 5.52. The van der Waals surface area contributed by atoms with Gasteiger partial charge < -0.3 is 9.88 Å². The van der Waals surface area contributed by atoms with E-state index in [1.807, 2.05) is 13.8 Å². The molecular formula is C20H26FN3O3S. The Morgan fingerprint density at radius 1 is 1.18 bits per heavy atom. The molecule has 0 atom stereocenters. The molecule has 1 heterocycles. The number of hydrogen-bond donors (Lipinski definition) is 2. The van der Waals surface area contributed by atoms with Crippen molar-refractivity contribution in [3.05, 3.63) is 51.7 Å². The molecule has 1 aromatic carbocycles. The number of anilines is 3. The van der Waals surface area contributed by atoms with E-state index in [0.29, 0.717) is 18.4 Å². The summed E-state index contributed by atoms with van der Waals surface area (Å²) >= 11 is 0. The van der Waals surface area contributed by atoms with Crippen LogP contribution in [0.5, 0.6) is 0 Å². The van der Waals surface area contributed by atoms with E-state index in [1.54, 1.807) is 26.0 Å². The molecule has 0 aliphatic heterocycles. The maximum absolute atomic E-state index is 14.4. The van der Waals surface area contributed by atoms with Crippen molar-refractivity contribution in [3.8, 4) is 0 Å². The quantitative estimate of drug-likeness (QED) is 0.751. The van der Waals surface area contributed by atoms with Crippen LogP contribution in [0, 0.1) is 19.7 Å². The van der Waals surface area contributed by atoms with Crippen LogP contribution in [-0.4, -0.2) is 18.2 Å². The molecule has 0 saturated heterocycles. The summed E-state index contributed by atoms with van der Waals surface area (Å²) in [6.45, 7) is 7.08. The van der Waals surface area contributed by atoms with E-state index in [0.717, 1.165) is 12.0 Å². The van der Waals surface area contributed by atoms with Gasteiger partial charge in [0, 0.05) is 17.8 Å². The van der Waals surface area contributed by atoms with Gasteiger partial charge in [-0.3, -0.25) is 9.52 Å². The summed E-state index contributed by atoms with van der Waals surface area (Å²) in [4.78, 5) is 12.7. The van der Waals surface area contributed by atoms with Gasteiger partial charge in [-0.05, 0) is 58.2 Å². The molecule has 28 heavy (non-hydrogen) atoms. The first-order valence-electron chi connectivity index (χ1n) is 9.40. The van der Waals surface area contributed by atoms with E-state index in [9.17, 15) is 17.6 Å². The summed E-state index contributed by atoms with van der Waals surface area (Å²) in [5.74, 6) is -0.472. The van der Waals surface area contributed by atoms with Crippen LogP contribution in [0.1, 0.15) is 50.3 Å². The molecule has 0 bridgehead atoms. The molecule has 152 valence electrons. The molecule has 2 aromatic rings. The molecule has 0 amide bonds. The normalized spacial score (nSPS) is 14.8. The molecule has 6 nitrogen and oxygen atoms in total. The van der Waals surface area contributed by atoms with E-state index >= 15 is 0 Å². The lowest BCUT2D eigenvalue weighted by Gasteiger charge is -2.27. The number of aryl methyl sites for hydroxylation is 1. The highest BCUT2D eigenvalue weighted by Crippen LogP contribution is 2.33. The summed E-state index contributed by atoms with van der Waals surface area (Å²) in [6.07, 6.45) is 3.61. The smallest absolute Gasteiger partial charge is 0.255 e. The van der Waals surface area contributed by atoms with Crippen LogP contribution in [0.4, 0.5) is 21.5 Å². The number of nitrogens with one attached hydrogen (secondary N) is 2. The fraction of sp³-hybridized carbons (Fsp3) is 0.450. The van der Waals surface area contributed by atoms with E-state index in [1.165, 1.54) is 16.8 Å². The van der Waals surface area contributed by atoms with Crippen molar-refractivity contribution in [3.63, 3.8) is 0 Å². The van der Waals surface area contributed by atoms with Gasteiger partial charge >= 0.3 is 0 Å². The van der Waals surface area contributed by atoms with Crippen molar-refractivity contribution in [1.82, 2.24) is 4.57 Å². The first-order valence-corrected chi connectivity index (χ1v) is 11.0. The average molecular weight is 408 g/mol. The highest BCUT2D eigenvalue weighted by Gasteiger charge is 2.32. The minimum atomic E-state index is -3.58. The molecule has 3 rings (SSSR count). The SMILES string of the molecule is Cc1ccc(Nc2c(NS(=O)(=O)C3CCC3)cn(C(C)C)c(=O)c2C)c(F)c1. The van der Waals surface area contributed by atoms with Crippen LogP contribution in [0.15, 0.2) is 29.2 Å². The molecule has 0 spiro atoms. The Morgan fingerprint density at radius 3 is 2.39 bits per heavy atom.